The van der Waals surface area contributed by atoms with Gasteiger partial charge in [0.25, 0.3) is 0 Å². The monoisotopic (exact) mass is 353 g/mol. The second kappa shape index (κ2) is 6.86. The molecule has 2 rings (SSSR count). The summed E-state index contributed by atoms with van der Waals surface area (Å²) in [6, 6.07) is 6.93. The standard InChI is InChI=1S/C15H13BrClNO2/c1-2-6-20-11-7-10(8-18-9-11)15(19)12-4-3-5-13(16)14(12)17/h3-5,7-9H,2,6H2,1H3. The lowest BCUT2D eigenvalue weighted by molar-refractivity contribution is 0.103. The van der Waals surface area contributed by atoms with Crippen molar-refractivity contribution in [1.82, 2.24) is 4.98 Å². The van der Waals surface area contributed by atoms with Gasteiger partial charge in [-0.1, -0.05) is 24.6 Å². The fraction of sp³-hybridized carbons (Fsp3) is 0.200. The van der Waals surface area contributed by atoms with Crippen molar-refractivity contribution in [3.05, 3.63) is 57.3 Å². The number of pyridine rings is 1. The third-order valence-electron chi connectivity index (χ3n) is 2.64. The summed E-state index contributed by atoms with van der Waals surface area (Å²) in [6.07, 6.45) is 4.00. The zero-order valence-corrected chi connectivity index (χ0v) is 13.2. The van der Waals surface area contributed by atoms with E-state index in [4.69, 9.17) is 16.3 Å². The predicted octanol–water partition coefficient (Wildman–Crippen LogP) is 4.52. The normalized spacial score (nSPS) is 10.3. The Kier molecular flexibility index (Phi) is 5.15. The highest BCUT2D eigenvalue weighted by atomic mass is 79.9. The van der Waals surface area contributed by atoms with Gasteiger partial charge in [-0.3, -0.25) is 9.78 Å². The molecule has 0 aliphatic heterocycles. The van der Waals surface area contributed by atoms with Crippen LogP contribution in [0.2, 0.25) is 5.02 Å². The molecule has 1 aromatic heterocycles. The molecule has 2 aromatic rings. The largest absolute Gasteiger partial charge is 0.492 e. The summed E-state index contributed by atoms with van der Waals surface area (Å²) in [4.78, 5) is 16.5. The van der Waals surface area contributed by atoms with Crippen LogP contribution in [-0.2, 0) is 0 Å². The van der Waals surface area contributed by atoms with Gasteiger partial charge in [-0.15, -0.1) is 0 Å². The molecule has 1 aromatic carbocycles. The number of aromatic nitrogens is 1. The SMILES string of the molecule is CCCOc1cncc(C(=O)c2cccc(Br)c2Cl)c1. The molecule has 1 heterocycles. The summed E-state index contributed by atoms with van der Waals surface area (Å²) in [5, 5.41) is 0.400. The first-order chi connectivity index (χ1) is 9.63. The van der Waals surface area contributed by atoms with E-state index < -0.39 is 0 Å². The number of carbonyl (C=O) groups is 1. The second-order valence-corrected chi connectivity index (χ2v) is 5.42. The zero-order chi connectivity index (χ0) is 14.5. The fourth-order valence-corrected chi connectivity index (χ4v) is 2.25. The van der Waals surface area contributed by atoms with Gasteiger partial charge in [0.15, 0.2) is 5.78 Å². The van der Waals surface area contributed by atoms with Crippen molar-refractivity contribution >= 4 is 33.3 Å². The fourth-order valence-electron chi connectivity index (χ4n) is 1.68. The van der Waals surface area contributed by atoms with Crippen LogP contribution in [0.1, 0.15) is 29.3 Å². The van der Waals surface area contributed by atoms with Crippen molar-refractivity contribution in [2.24, 2.45) is 0 Å². The molecule has 0 aliphatic rings. The molecule has 0 radical (unpaired) electrons. The van der Waals surface area contributed by atoms with E-state index in [0.717, 1.165) is 6.42 Å². The number of rotatable bonds is 5. The number of carbonyl (C=O) groups excluding carboxylic acids is 1. The first-order valence-electron chi connectivity index (χ1n) is 6.20. The minimum atomic E-state index is -0.175. The van der Waals surface area contributed by atoms with Gasteiger partial charge in [0.05, 0.1) is 17.8 Å². The van der Waals surface area contributed by atoms with E-state index in [1.807, 2.05) is 6.92 Å². The maximum absolute atomic E-state index is 12.4. The number of ketones is 1. The molecule has 0 amide bonds. The highest BCUT2D eigenvalue weighted by molar-refractivity contribution is 9.10. The number of hydrogen-bond donors (Lipinski definition) is 0. The Balaban J connectivity index is 2.31. The van der Waals surface area contributed by atoms with E-state index in [-0.39, 0.29) is 5.78 Å². The molecule has 3 nitrogen and oxygen atoms in total. The molecule has 20 heavy (non-hydrogen) atoms. The average Bonchev–Trinajstić information content (AvgIpc) is 2.47. The van der Waals surface area contributed by atoms with Crippen LogP contribution < -0.4 is 4.74 Å². The van der Waals surface area contributed by atoms with Gasteiger partial charge in [0.2, 0.25) is 0 Å². The smallest absolute Gasteiger partial charge is 0.196 e. The maximum atomic E-state index is 12.4. The topological polar surface area (TPSA) is 39.2 Å². The van der Waals surface area contributed by atoms with Crippen LogP contribution in [-0.4, -0.2) is 17.4 Å². The van der Waals surface area contributed by atoms with Crippen LogP contribution in [0.3, 0.4) is 0 Å². The molecule has 0 saturated heterocycles. The first-order valence-corrected chi connectivity index (χ1v) is 7.37. The van der Waals surface area contributed by atoms with E-state index in [9.17, 15) is 4.79 Å². The van der Waals surface area contributed by atoms with Crippen molar-refractivity contribution in [3.8, 4) is 5.75 Å². The molecular formula is C15H13BrClNO2. The lowest BCUT2D eigenvalue weighted by Crippen LogP contribution is -2.04. The average molecular weight is 355 g/mol. The molecule has 0 saturated carbocycles. The van der Waals surface area contributed by atoms with E-state index in [1.54, 1.807) is 30.5 Å². The third-order valence-corrected chi connectivity index (χ3v) is 3.94. The Labute approximate surface area is 131 Å². The van der Waals surface area contributed by atoms with Gasteiger partial charge >= 0.3 is 0 Å². The molecule has 5 heteroatoms. The Morgan fingerprint density at radius 2 is 2.20 bits per heavy atom. The number of nitrogens with zero attached hydrogens (tertiary/aromatic N) is 1. The predicted molar refractivity (Wildman–Crippen MR) is 82.6 cm³/mol. The first kappa shape index (κ1) is 15.0. The summed E-state index contributed by atoms with van der Waals surface area (Å²) in [5.41, 5.74) is 0.897. The summed E-state index contributed by atoms with van der Waals surface area (Å²) in [6.45, 7) is 2.61. The highest BCUT2D eigenvalue weighted by Crippen LogP contribution is 2.28. The van der Waals surface area contributed by atoms with Crippen LogP contribution >= 0.6 is 27.5 Å². The van der Waals surface area contributed by atoms with Gasteiger partial charge in [-0.25, -0.2) is 0 Å². The van der Waals surface area contributed by atoms with Gasteiger partial charge in [-0.05, 0) is 40.5 Å². The van der Waals surface area contributed by atoms with Crippen molar-refractivity contribution in [2.75, 3.05) is 6.61 Å². The van der Waals surface area contributed by atoms with Gasteiger partial charge in [0.1, 0.15) is 5.75 Å². The van der Waals surface area contributed by atoms with E-state index >= 15 is 0 Å². The molecule has 0 atom stereocenters. The van der Waals surface area contributed by atoms with Crippen LogP contribution in [0.15, 0.2) is 41.1 Å². The lowest BCUT2D eigenvalue weighted by Gasteiger charge is -2.07. The molecular weight excluding hydrogens is 342 g/mol. The molecule has 0 aliphatic carbocycles. The van der Waals surface area contributed by atoms with Crippen LogP contribution in [0.25, 0.3) is 0 Å². The third kappa shape index (κ3) is 3.38. The van der Waals surface area contributed by atoms with Crippen molar-refractivity contribution in [2.45, 2.75) is 13.3 Å². The summed E-state index contributed by atoms with van der Waals surface area (Å²) in [5.74, 6) is 0.412. The Hall–Kier alpha value is -1.39. The molecule has 0 spiro atoms. The van der Waals surface area contributed by atoms with Crippen LogP contribution in [0.4, 0.5) is 0 Å². The second-order valence-electron chi connectivity index (χ2n) is 4.19. The molecule has 0 unspecified atom stereocenters. The van der Waals surface area contributed by atoms with Gasteiger partial charge in [0, 0.05) is 21.8 Å². The molecule has 0 N–H and O–H groups in total. The Morgan fingerprint density at radius 1 is 1.40 bits per heavy atom. The zero-order valence-electron chi connectivity index (χ0n) is 10.9. The summed E-state index contributed by atoms with van der Waals surface area (Å²) < 4.78 is 6.17. The highest BCUT2D eigenvalue weighted by Gasteiger charge is 2.15. The van der Waals surface area contributed by atoms with E-state index in [2.05, 4.69) is 20.9 Å². The molecule has 104 valence electrons. The molecule has 0 bridgehead atoms. The summed E-state index contributed by atoms with van der Waals surface area (Å²) in [7, 11) is 0. The minimum Gasteiger partial charge on any atom is -0.492 e. The summed E-state index contributed by atoms with van der Waals surface area (Å²) >= 11 is 9.45. The van der Waals surface area contributed by atoms with Crippen LogP contribution in [0.5, 0.6) is 5.75 Å². The van der Waals surface area contributed by atoms with Crippen molar-refractivity contribution in [3.63, 3.8) is 0 Å². The van der Waals surface area contributed by atoms with Gasteiger partial charge in [-0.2, -0.15) is 0 Å². The number of benzene rings is 1. The van der Waals surface area contributed by atoms with Gasteiger partial charge < -0.3 is 4.74 Å². The Morgan fingerprint density at radius 3 is 2.95 bits per heavy atom. The minimum absolute atomic E-state index is 0.175. The van der Waals surface area contributed by atoms with Crippen molar-refractivity contribution in [1.29, 1.82) is 0 Å². The van der Waals surface area contributed by atoms with E-state index in [1.165, 1.54) is 6.20 Å². The lowest BCUT2D eigenvalue weighted by atomic mass is 10.1. The van der Waals surface area contributed by atoms with Crippen LogP contribution in [0, 0.1) is 0 Å². The van der Waals surface area contributed by atoms with E-state index in [0.29, 0.717) is 33.0 Å². The Bertz CT molecular complexity index is 631. The number of hydrogen-bond acceptors (Lipinski definition) is 3. The maximum Gasteiger partial charge on any atom is 0.196 e. The molecule has 0 fully saturated rings. The number of ether oxygens (including phenoxy) is 1. The quantitative estimate of drug-likeness (QED) is 0.741. The number of halogens is 2. The van der Waals surface area contributed by atoms with Crippen molar-refractivity contribution < 1.29 is 9.53 Å².